The standard InChI is InChI=1S/C14H20ClNOS/c1-10-8-13(18-11(10)2)14(17)16-7-3-4-12(9-16)5-6-15/h8,12H,3-7,9H2,1-2H3. The van der Waals surface area contributed by atoms with E-state index in [9.17, 15) is 4.79 Å². The zero-order chi connectivity index (χ0) is 13.1. The number of rotatable bonds is 3. The maximum Gasteiger partial charge on any atom is 0.263 e. The smallest absolute Gasteiger partial charge is 0.263 e. The van der Waals surface area contributed by atoms with Gasteiger partial charge in [-0.25, -0.2) is 0 Å². The van der Waals surface area contributed by atoms with Crippen LogP contribution in [0.2, 0.25) is 0 Å². The van der Waals surface area contributed by atoms with Gasteiger partial charge in [0, 0.05) is 23.8 Å². The van der Waals surface area contributed by atoms with Crippen LogP contribution in [-0.4, -0.2) is 29.8 Å². The van der Waals surface area contributed by atoms with Crippen LogP contribution in [-0.2, 0) is 0 Å². The van der Waals surface area contributed by atoms with Crippen LogP contribution < -0.4 is 0 Å². The topological polar surface area (TPSA) is 20.3 Å². The van der Waals surface area contributed by atoms with Crippen LogP contribution in [0.4, 0.5) is 0 Å². The lowest BCUT2D eigenvalue weighted by molar-refractivity contribution is 0.0676. The van der Waals surface area contributed by atoms with Crippen LogP contribution in [0.25, 0.3) is 0 Å². The molecule has 1 unspecified atom stereocenters. The molecule has 0 aromatic carbocycles. The Balaban J connectivity index is 2.04. The van der Waals surface area contributed by atoms with E-state index in [0.29, 0.717) is 11.8 Å². The molecular formula is C14H20ClNOS. The number of nitrogens with zero attached hydrogens (tertiary/aromatic N) is 1. The van der Waals surface area contributed by atoms with Crippen molar-refractivity contribution in [2.24, 2.45) is 5.92 Å². The molecule has 1 saturated heterocycles. The average molecular weight is 286 g/mol. The molecule has 0 N–H and O–H groups in total. The van der Waals surface area contributed by atoms with E-state index in [1.165, 1.54) is 16.9 Å². The molecule has 1 aliphatic heterocycles. The molecule has 2 heterocycles. The monoisotopic (exact) mass is 285 g/mol. The van der Waals surface area contributed by atoms with Gasteiger partial charge in [-0.2, -0.15) is 0 Å². The molecule has 0 radical (unpaired) electrons. The van der Waals surface area contributed by atoms with Gasteiger partial charge in [0.15, 0.2) is 0 Å². The number of hydrogen-bond donors (Lipinski definition) is 0. The second-order valence-electron chi connectivity index (χ2n) is 5.09. The van der Waals surface area contributed by atoms with Crippen molar-refractivity contribution in [2.45, 2.75) is 33.1 Å². The van der Waals surface area contributed by atoms with Crippen molar-refractivity contribution in [1.82, 2.24) is 4.90 Å². The minimum atomic E-state index is 0.204. The molecule has 0 spiro atoms. The molecular weight excluding hydrogens is 266 g/mol. The molecule has 4 heteroatoms. The number of likely N-dealkylation sites (tertiary alicyclic amines) is 1. The van der Waals surface area contributed by atoms with Crippen molar-refractivity contribution >= 4 is 28.8 Å². The summed E-state index contributed by atoms with van der Waals surface area (Å²) in [7, 11) is 0. The first-order chi connectivity index (χ1) is 8.61. The Morgan fingerprint density at radius 3 is 2.94 bits per heavy atom. The van der Waals surface area contributed by atoms with Crippen LogP contribution in [0.3, 0.4) is 0 Å². The van der Waals surface area contributed by atoms with E-state index in [2.05, 4.69) is 13.8 Å². The summed E-state index contributed by atoms with van der Waals surface area (Å²) in [4.78, 5) is 16.6. The molecule has 100 valence electrons. The summed E-state index contributed by atoms with van der Waals surface area (Å²) >= 11 is 7.42. The molecule has 2 rings (SSSR count). The van der Waals surface area contributed by atoms with Gasteiger partial charge in [0.2, 0.25) is 0 Å². The van der Waals surface area contributed by atoms with Crippen LogP contribution in [0.1, 0.15) is 39.4 Å². The highest BCUT2D eigenvalue weighted by Gasteiger charge is 2.25. The van der Waals surface area contributed by atoms with E-state index < -0.39 is 0 Å². The Morgan fingerprint density at radius 1 is 1.56 bits per heavy atom. The lowest BCUT2D eigenvalue weighted by atomic mass is 9.95. The van der Waals surface area contributed by atoms with Crippen molar-refractivity contribution in [2.75, 3.05) is 19.0 Å². The maximum absolute atomic E-state index is 12.4. The quantitative estimate of drug-likeness (QED) is 0.773. The highest BCUT2D eigenvalue weighted by molar-refractivity contribution is 7.14. The molecule has 18 heavy (non-hydrogen) atoms. The summed E-state index contributed by atoms with van der Waals surface area (Å²) in [6.07, 6.45) is 3.34. The zero-order valence-electron chi connectivity index (χ0n) is 11.0. The minimum Gasteiger partial charge on any atom is -0.338 e. The van der Waals surface area contributed by atoms with Crippen molar-refractivity contribution in [3.05, 3.63) is 21.4 Å². The van der Waals surface area contributed by atoms with Gasteiger partial charge in [-0.3, -0.25) is 4.79 Å². The number of carbonyl (C=O) groups excluding carboxylic acids is 1. The molecule has 1 aliphatic rings. The number of aryl methyl sites for hydroxylation is 2. The van der Waals surface area contributed by atoms with E-state index in [4.69, 9.17) is 11.6 Å². The fraction of sp³-hybridized carbons (Fsp3) is 0.643. The molecule has 0 bridgehead atoms. The van der Waals surface area contributed by atoms with Crippen LogP contribution >= 0.6 is 22.9 Å². The van der Waals surface area contributed by atoms with Gasteiger partial charge in [0.25, 0.3) is 5.91 Å². The predicted octanol–water partition coefficient (Wildman–Crippen LogP) is 3.85. The molecule has 1 fully saturated rings. The van der Waals surface area contributed by atoms with Crippen molar-refractivity contribution < 1.29 is 4.79 Å². The van der Waals surface area contributed by atoms with Crippen molar-refractivity contribution in [3.8, 4) is 0 Å². The average Bonchev–Trinajstić information content (AvgIpc) is 2.69. The normalized spacial score (nSPS) is 20.2. The Bertz CT molecular complexity index is 408. The molecule has 0 saturated carbocycles. The van der Waals surface area contributed by atoms with Crippen LogP contribution in [0, 0.1) is 19.8 Å². The third kappa shape index (κ3) is 3.07. The fourth-order valence-electron chi connectivity index (χ4n) is 2.47. The van der Waals surface area contributed by atoms with Crippen LogP contribution in [0.15, 0.2) is 6.07 Å². The number of amides is 1. The summed E-state index contributed by atoms with van der Waals surface area (Å²) in [5.41, 5.74) is 1.22. The van der Waals surface area contributed by atoms with Gasteiger partial charge in [-0.15, -0.1) is 22.9 Å². The highest BCUT2D eigenvalue weighted by atomic mass is 35.5. The van der Waals surface area contributed by atoms with E-state index >= 15 is 0 Å². The van der Waals surface area contributed by atoms with Crippen LogP contribution in [0.5, 0.6) is 0 Å². The third-order valence-corrected chi connectivity index (χ3v) is 5.06. The molecule has 1 aromatic rings. The lowest BCUT2D eigenvalue weighted by Crippen LogP contribution is -2.39. The first-order valence-electron chi connectivity index (χ1n) is 6.54. The number of carbonyl (C=O) groups is 1. The highest BCUT2D eigenvalue weighted by Crippen LogP contribution is 2.26. The zero-order valence-corrected chi connectivity index (χ0v) is 12.6. The number of hydrogen-bond acceptors (Lipinski definition) is 2. The molecule has 0 aliphatic carbocycles. The molecule has 1 atom stereocenters. The first-order valence-corrected chi connectivity index (χ1v) is 7.89. The number of piperidine rings is 1. The minimum absolute atomic E-state index is 0.204. The first kappa shape index (κ1) is 13.9. The van der Waals surface area contributed by atoms with E-state index in [1.807, 2.05) is 11.0 Å². The fourth-order valence-corrected chi connectivity index (χ4v) is 3.78. The maximum atomic E-state index is 12.4. The van der Waals surface area contributed by atoms with Crippen molar-refractivity contribution in [1.29, 1.82) is 0 Å². The van der Waals surface area contributed by atoms with E-state index in [1.54, 1.807) is 11.3 Å². The van der Waals surface area contributed by atoms with Gasteiger partial charge < -0.3 is 4.90 Å². The van der Waals surface area contributed by atoms with Gasteiger partial charge in [-0.05, 0) is 50.7 Å². The number of alkyl halides is 1. The Hall–Kier alpha value is -0.540. The number of thiophene rings is 1. The predicted molar refractivity (Wildman–Crippen MR) is 77.8 cm³/mol. The van der Waals surface area contributed by atoms with E-state index in [0.717, 1.165) is 30.8 Å². The van der Waals surface area contributed by atoms with Gasteiger partial charge in [0.1, 0.15) is 0 Å². The van der Waals surface area contributed by atoms with Crippen molar-refractivity contribution in [3.63, 3.8) is 0 Å². The van der Waals surface area contributed by atoms with Gasteiger partial charge in [0.05, 0.1) is 4.88 Å². The molecule has 1 amide bonds. The van der Waals surface area contributed by atoms with Gasteiger partial charge in [-0.1, -0.05) is 0 Å². The second-order valence-corrected chi connectivity index (χ2v) is 6.72. The van der Waals surface area contributed by atoms with Gasteiger partial charge >= 0.3 is 0 Å². The van der Waals surface area contributed by atoms with E-state index in [-0.39, 0.29) is 5.91 Å². The SMILES string of the molecule is Cc1cc(C(=O)N2CCCC(CCCl)C2)sc1C. The Labute approximate surface area is 118 Å². The summed E-state index contributed by atoms with van der Waals surface area (Å²) in [5, 5.41) is 0. The number of halogens is 1. The Morgan fingerprint density at radius 2 is 2.33 bits per heavy atom. The Kier molecular flexibility index (Phi) is 4.68. The largest absolute Gasteiger partial charge is 0.338 e. The lowest BCUT2D eigenvalue weighted by Gasteiger charge is -2.32. The molecule has 2 nitrogen and oxygen atoms in total. The third-order valence-electron chi connectivity index (χ3n) is 3.70. The summed E-state index contributed by atoms with van der Waals surface area (Å²) in [5.74, 6) is 1.49. The summed E-state index contributed by atoms with van der Waals surface area (Å²) < 4.78 is 0. The second kappa shape index (κ2) is 6.07. The summed E-state index contributed by atoms with van der Waals surface area (Å²) in [6, 6.07) is 2.02. The summed E-state index contributed by atoms with van der Waals surface area (Å²) in [6.45, 7) is 5.91. The molecule has 1 aromatic heterocycles.